The molecule has 1 aromatic rings. The van der Waals surface area contributed by atoms with Crippen molar-refractivity contribution in [3.8, 4) is 0 Å². The number of nitrogens with one attached hydrogen (secondary N) is 1. The molecule has 1 unspecified atom stereocenters. The van der Waals surface area contributed by atoms with Crippen molar-refractivity contribution in [3.05, 3.63) is 23.9 Å². The predicted molar refractivity (Wildman–Crippen MR) is 99.6 cm³/mol. The molecule has 2 heterocycles. The average molecular weight is 342 g/mol. The van der Waals surface area contributed by atoms with Gasteiger partial charge in [-0.15, -0.1) is 0 Å². The van der Waals surface area contributed by atoms with Crippen LogP contribution < -0.4 is 10.2 Å². The molecule has 2 saturated carbocycles. The second-order valence-electron chi connectivity index (χ2n) is 7.91. The minimum absolute atomic E-state index is 0.107. The molecule has 1 aliphatic heterocycles. The Morgan fingerprint density at radius 3 is 2.72 bits per heavy atom. The number of pyridine rings is 1. The number of carbonyl (C=O) groups excluding carboxylic acids is 1. The fourth-order valence-electron chi connectivity index (χ4n) is 4.06. The number of aromatic nitrogens is 1. The zero-order valence-corrected chi connectivity index (χ0v) is 15.3. The fraction of sp³-hybridized carbons (Fsp3) is 0.700. The van der Waals surface area contributed by atoms with Gasteiger partial charge in [-0.1, -0.05) is 6.07 Å². The van der Waals surface area contributed by atoms with Crippen LogP contribution in [0.25, 0.3) is 0 Å². The third kappa shape index (κ3) is 3.91. The smallest absolute Gasteiger partial charge is 0.318 e. The van der Waals surface area contributed by atoms with Gasteiger partial charge in [0.1, 0.15) is 5.82 Å². The number of rotatable bonds is 6. The summed E-state index contributed by atoms with van der Waals surface area (Å²) in [6, 6.07) is 5.02. The van der Waals surface area contributed by atoms with Crippen molar-refractivity contribution >= 4 is 11.8 Å². The Labute approximate surface area is 150 Å². The highest BCUT2D eigenvalue weighted by Gasteiger charge is 2.41. The van der Waals surface area contributed by atoms with Crippen molar-refractivity contribution < 1.29 is 4.79 Å². The quantitative estimate of drug-likeness (QED) is 0.860. The van der Waals surface area contributed by atoms with E-state index >= 15 is 0 Å². The van der Waals surface area contributed by atoms with Gasteiger partial charge in [-0.2, -0.15) is 0 Å². The molecule has 1 saturated heterocycles. The van der Waals surface area contributed by atoms with Crippen LogP contribution in [0.4, 0.5) is 10.6 Å². The van der Waals surface area contributed by atoms with Gasteiger partial charge in [0.05, 0.1) is 0 Å². The third-order valence-electron chi connectivity index (χ3n) is 5.87. The third-order valence-corrected chi connectivity index (χ3v) is 5.87. The molecule has 0 spiro atoms. The zero-order chi connectivity index (χ0) is 17.2. The largest absolute Gasteiger partial charge is 0.356 e. The Morgan fingerprint density at radius 1 is 1.28 bits per heavy atom. The first-order valence-corrected chi connectivity index (χ1v) is 9.99. The molecule has 4 rings (SSSR count). The molecule has 5 heteroatoms. The summed E-state index contributed by atoms with van der Waals surface area (Å²) < 4.78 is 0. The minimum Gasteiger partial charge on any atom is -0.356 e. The number of urea groups is 1. The maximum atomic E-state index is 12.8. The lowest BCUT2D eigenvalue weighted by Crippen LogP contribution is -2.47. The molecule has 2 amide bonds. The maximum absolute atomic E-state index is 12.8. The van der Waals surface area contributed by atoms with Gasteiger partial charge in [-0.05, 0) is 63.9 Å². The van der Waals surface area contributed by atoms with Crippen LogP contribution in [0.1, 0.15) is 57.4 Å². The van der Waals surface area contributed by atoms with E-state index in [0.717, 1.165) is 37.3 Å². The molecule has 136 valence electrons. The van der Waals surface area contributed by atoms with Crippen LogP contribution in [0, 0.1) is 5.92 Å². The molecular formula is C20H30N4O. The standard InChI is InChI=1S/C20H30N4O/c1-15(16-7-8-16)24(18-9-10-18)20(25)22-14-17-6-5-11-21-19(17)23-12-3-2-4-13-23/h5-6,11,15-16,18H,2-4,7-10,12-14H2,1H3,(H,22,25). The number of carbonyl (C=O) groups is 1. The molecule has 25 heavy (non-hydrogen) atoms. The normalized spacial score (nSPS) is 21.7. The van der Waals surface area contributed by atoms with E-state index < -0.39 is 0 Å². The predicted octanol–water partition coefficient (Wildman–Crippen LogP) is 3.54. The van der Waals surface area contributed by atoms with Crippen molar-refractivity contribution in [1.82, 2.24) is 15.2 Å². The monoisotopic (exact) mass is 342 g/mol. The Kier molecular flexibility index (Phi) is 4.82. The van der Waals surface area contributed by atoms with Crippen molar-refractivity contribution in [2.24, 2.45) is 5.92 Å². The van der Waals surface area contributed by atoms with Crippen LogP contribution in [-0.2, 0) is 6.54 Å². The second-order valence-corrected chi connectivity index (χ2v) is 7.91. The molecular weight excluding hydrogens is 312 g/mol. The molecule has 0 radical (unpaired) electrons. The highest BCUT2D eigenvalue weighted by molar-refractivity contribution is 5.75. The van der Waals surface area contributed by atoms with Crippen LogP contribution >= 0.6 is 0 Å². The summed E-state index contributed by atoms with van der Waals surface area (Å²) in [6.07, 6.45) is 10.5. The van der Waals surface area contributed by atoms with Gasteiger partial charge in [0, 0.05) is 43.5 Å². The number of piperidine rings is 1. The number of hydrogen-bond acceptors (Lipinski definition) is 3. The summed E-state index contributed by atoms with van der Waals surface area (Å²) in [5.74, 6) is 1.77. The first-order valence-electron chi connectivity index (χ1n) is 9.99. The summed E-state index contributed by atoms with van der Waals surface area (Å²) in [5.41, 5.74) is 1.13. The van der Waals surface area contributed by atoms with Gasteiger partial charge in [0.15, 0.2) is 0 Å². The van der Waals surface area contributed by atoms with Gasteiger partial charge in [0.2, 0.25) is 0 Å². The summed E-state index contributed by atoms with van der Waals surface area (Å²) in [4.78, 5) is 21.9. The second kappa shape index (κ2) is 7.22. The first-order chi connectivity index (χ1) is 12.2. The highest BCUT2D eigenvalue weighted by atomic mass is 16.2. The fourth-order valence-corrected chi connectivity index (χ4v) is 4.06. The molecule has 1 atom stereocenters. The number of nitrogens with zero attached hydrogens (tertiary/aromatic N) is 3. The van der Waals surface area contributed by atoms with Crippen LogP contribution in [-0.4, -0.2) is 41.1 Å². The van der Waals surface area contributed by atoms with E-state index in [1.807, 2.05) is 12.3 Å². The maximum Gasteiger partial charge on any atom is 0.318 e. The van der Waals surface area contributed by atoms with E-state index in [0.29, 0.717) is 24.5 Å². The van der Waals surface area contributed by atoms with Crippen molar-refractivity contribution in [1.29, 1.82) is 0 Å². The van der Waals surface area contributed by atoms with Crippen molar-refractivity contribution in [2.45, 2.75) is 70.5 Å². The number of hydrogen-bond donors (Lipinski definition) is 1. The van der Waals surface area contributed by atoms with E-state index in [1.165, 1.54) is 32.1 Å². The van der Waals surface area contributed by atoms with Crippen LogP contribution in [0.3, 0.4) is 0 Å². The molecule has 3 aliphatic rings. The summed E-state index contributed by atoms with van der Waals surface area (Å²) in [7, 11) is 0. The van der Waals surface area contributed by atoms with Crippen molar-refractivity contribution in [2.75, 3.05) is 18.0 Å². The SMILES string of the molecule is CC(C1CC1)N(C(=O)NCc1cccnc1N1CCCCC1)C1CC1. The van der Waals surface area contributed by atoms with Crippen LogP contribution in [0.5, 0.6) is 0 Å². The zero-order valence-electron chi connectivity index (χ0n) is 15.3. The lowest BCUT2D eigenvalue weighted by molar-refractivity contribution is 0.166. The molecule has 3 fully saturated rings. The molecule has 0 aromatic carbocycles. The molecule has 0 bridgehead atoms. The lowest BCUT2D eigenvalue weighted by Gasteiger charge is -2.31. The minimum atomic E-state index is 0.107. The summed E-state index contributed by atoms with van der Waals surface area (Å²) in [6.45, 7) is 4.94. The Hall–Kier alpha value is -1.78. The molecule has 1 N–H and O–H groups in total. The van der Waals surface area contributed by atoms with E-state index in [4.69, 9.17) is 0 Å². The first kappa shape index (κ1) is 16.7. The molecule has 2 aliphatic carbocycles. The van der Waals surface area contributed by atoms with Crippen molar-refractivity contribution in [3.63, 3.8) is 0 Å². The molecule has 1 aromatic heterocycles. The Balaban J connectivity index is 1.41. The number of amides is 2. The average Bonchev–Trinajstić information content (AvgIpc) is 3.54. The van der Waals surface area contributed by atoms with E-state index in [2.05, 4.69) is 33.1 Å². The lowest BCUT2D eigenvalue weighted by atomic mass is 10.1. The van der Waals surface area contributed by atoms with E-state index in [9.17, 15) is 4.79 Å². The highest BCUT2D eigenvalue weighted by Crippen LogP contribution is 2.39. The van der Waals surface area contributed by atoms with Gasteiger partial charge in [0.25, 0.3) is 0 Å². The van der Waals surface area contributed by atoms with Gasteiger partial charge in [-0.3, -0.25) is 0 Å². The van der Waals surface area contributed by atoms with Gasteiger partial charge < -0.3 is 15.1 Å². The van der Waals surface area contributed by atoms with Gasteiger partial charge >= 0.3 is 6.03 Å². The number of anilines is 1. The van der Waals surface area contributed by atoms with Crippen LogP contribution in [0.15, 0.2) is 18.3 Å². The Morgan fingerprint density at radius 2 is 2.04 bits per heavy atom. The topological polar surface area (TPSA) is 48.5 Å². The van der Waals surface area contributed by atoms with Gasteiger partial charge in [-0.25, -0.2) is 9.78 Å². The van der Waals surface area contributed by atoms with Crippen LogP contribution in [0.2, 0.25) is 0 Å². The van der Waals surface area contributed by atoms with E-state index in [-0.39, 0.29) is 6.03 Å². The molecule has 5 nitrogen and oxygen atoms in total. The Bertz CT molecular complexity index is 605. The van der Waals surface area contributed by atoms with E-state index in [1.54, 1.807) is 0 Å². The summed E-state index contributed by atoms with van der Waals surface area (Å²) >= 11 is 0. The summed E-state index contributed by atoms with van der Waals surface area (Å²) in [5, 5.41) is 3.18.